The SMILES string of the molecule is O=S(=O)([O-])c1ccc(C(O)S(=O)(=O)[O-])c(S(=O)(=O)[O-])c1.[K+].[K+].[K+]. The molecule has 0 aliphatic heterocycles. The van der Waals surface area contributed by atoms with Gasteiger partial charge in [-0.1, -0.05) is 6.07 Å². The Bertz CT molecular complexity index is 846. The maximum atomic E-state index is 10.9. The zero-order valence-electron chi connectivity index (χ0n) is 12.2. The van der Waals surface area contributed by atoms with Crippen molar-refractivity contribution in [3.63, 3.8) is 0 Å². The van der Waals surface area contributed by atoms with E-state index >= 15 is 0 Å². The Labute approximate surface area is 260 Å². The van der Waals surface area contributed by atoms with E-state index in [0.29, 0.717) is 12.1 Å². The standard InChI is InChI=1S/C7H8O10S3.3K/c8-7(20(15,16)17)5-2-1-4(18(9,10)11)3-6(5)19(12,13)14;;;/h1-3,7-8H,(H,9,10,11)(H,12,13,14)(H,15,16,17);;;/q;3*+1/p-3. The molecule has 114 valence electrons. The van der Waals surface area contributed by atoms with Gasteiger partial charge in [0.25, 0.3) is 0 Å². The number of aliphatic hydroxyl groups excluding tert-OH is 1. The average Bonchev–Trinajstić information content (AvgIpc) is 2.23. The van der Waals surface area contributed by atoms with Crippen molar-refractivity contribution in [2.45, 2.75) is 15.2 Å². The van der Waals surface area contributed by atoms with Crippen molar-refractivity contribution < 1.29 is 198 Å². The molecule has 0 amide bonds. The van der Waals surface area contributed by atoms with E-state index in [2.05, 4.69) is 0 Å². The van der Waals surface area contributed by atoms with Gasteiger partial charge in [-0.15, -0.1) is 0 Å². The molecule has 1 N–H and O–H groups in total. The van der Waals surface area contributed by atoms with E-state index in [-0.39, 0.29) is 160 Å². The van der Waals surface area contributed by atoms with E-state index in [0.717, 1.165) is 0 Å². The Kier molecular flexibility index (Phi) is 16.1. The van der Waals surface area contributed by atoms with Crippen LogP contribution in [0.15, 0.2) is 28.0 Å². The summed E-state index contributed by atoms with van der Waals surface area (Å²) < 4.78 is 96.6. The van der Waals surface area contributed by atoms with Gasteiger partial charge < -0.3 is 18.8 Å². The Hall–Kier alpha value is 3.82. The first-order valence-electron chi connectivity index (χ1n) is 4.43. The van der Waals surface area contributed by atoms with Crippen molar-refractivity contribution in [1.29, 1.82) is 0 Å². The summed E-state index contributed by atoms with van der Waals surface area (Å²) in [5, 5.41) is 9.16. The second-order valence-electron chi connectivity index (χ2n) is 3.45. The molecule has 0 aliphatic carbocycles. The van der Waals surface area contributed by atoms with Crippen molar-refractivity contribution in [2.75, 3.05) is 0 Å². The molecule has 1 unspecified atom stereocenters. The van der Waals surface area contributed by atoms with E-state index in [1.807, 2.05) is 0 Å². The summed E-state index contributed by atoms with van der Waals surface area (Å²) in [5.74, 6) is 0. The van der Waals surface area contributed by atoms with Gasteiger partial charge in [0.05, 0.1) is 9.79 Å². The summed E-state index contributed by atoms with van der Waals surface area (Å²) in [7, 11) is -16.0. The van der Waals surface area contributed by atoms with Crippen LogP contribution in [0.4, 0.5) is 0 Å². The molecule has 1 aromatic rings. The van der Waals surface area contributed by atoms with Gasteiger partial charge in [-0.25, -0.2) is 25.3 Å². The third kappa shape index (κ3) is 9.72. The molecule has 1 rings (SSSR count). The molecule has 10 nitrogen and oxygen atoms in total. The minimum Gasteiger partial charge on any atom is -0.746 e. The van der Waals surface area contributed by atoms with Gasteiger partial charge in [-0.05, 0) is 12.1 Å². The van der Waals surface area contributed by atoms with Crippen LogP contribution in [0.1, 0.15) is 11.0 Å². The summed E-state index contributed by atoms with van der Waals surface area (Å²) in [6.07, 6.45) is 0. The van der Waals surface area contributed by atoms with Crippen LogP contribution in [0.2, 0.25) is 0 Å². The minimum atomic E-state index is -5.44. The van der Waals surface area contributed by atoms with Gasteiger partial charge in [-0.3, -0.25) is 0 Å². The fraction of sp³-hybridized carbons (Fsp3) is 0.143. The molecule has 0 bridgehead atoms. The van der Waals surface area contributed by atoms with E-state index in [1.54, 1.807) is 0 Å². The largest absolute Gasteiger partial charge is 1.00 e. The molecular formula is C7H5K3O10S3. The van der Waals surface area contributed by atoms with Crippen LogP contribution in [0.5, 0.6) is 0 Å². The predicted molar refractivity (Wildman–Crippen MR) is 57.0 cm³/mol. The fourth-order valence-corrected chi connectivity index (χ4v) is 3.15. The number of hydrogen-bond acceptors (Lipinski definition) is 10. The molecular weight excluding hydrogens is 458 g/mol. The maximum absolute atomic E-state index is 10.9. The average molecular weight is 463 g/mol. The quantitative estimate of drug-likeness (QED) is 0.332. The minimum absolute atomic E-state index is 0. The third-order valence-corrected chi connectivity index (χ3v) is 4.61. The first-order chi connectivity index (χ1) is 8.74. The summed E-state index contributed by atoms with van der Waals surface area (Å²) in [5.41, 5.74) is -4.04. The molecule has 0 radical (unpaired) electrons. The van der Waals surface area contributed by atoms with Crippen LogP contribution < -0.4 is 154 Å². The third-order valence-electron chi connectivity index (χ3n) is 2.08. The van der Waals surface area contributed by atoms with Gasteiger partial charge in [0, 0.05) is 5.56 Å². The molecule has 0 saturated carbocycles. The van der Waals surface area contributed by atoms with Crippen LogP contribution in [0, 0.1) is 0 Å². The second-order valence-corrected chi connectivity index (χ2v) is 7.61. The molecule has 1 atom stereocenters. The summed E-state index contributed by atoms with van der Waals surface area (Å²) in [6, 6.07) is 0.921. The van der Waals surface area contributed by atoms with E-state index < -0.39 is 51.1 Å². The first-order valence-corrected chi connectivity index (χ1v) is 8.72. The zero-order valence-corrected chi connectivity index (χ0v) is 24.0. The zero-order chi connectivity index (χ0) is 15.9. The summed E-state index contributed by atoms with van der Waals surface area (Å²) in [4.78, 5) is -2.62. The Morgan fingerprint density at radius 1 is 0.826 bits per heavy atom. The number of hydrogen-bond donors (Lipinski definition) is 1. The monoisotopic (exact) mass is 462 g/mol. The van der Waals surface area contributed by atoms with E-state index in [4.69, 9.17) is 5.11 Å². The van der Waals surface area contributed by atoms with Crippen molar-refractivity contribution in [1.82, 2.24) is 0 Å². The molecule has 16 heteroatoms. The number of rotatable bonds is 4. The fourth-order valence-electron chi connectivity index (χ4n) is 1.25. The second kappa shape index (κ2) is 11.7. The maximum Gasteiger partial charge on any atom is 1.00 e. The van der Waals surface area contributed by atoms with Crippen LogP contribution in [0.25, 0.3) is 0 Å². The van der Waals surface area contributed by atoms with Crippen molar-refractivity contribution in [3.8, 4) is 0 Å². The van der Waals surface area contributed by atoms with Crippen LogP contribution in [-0.2, 0) is 30.4 Å². The van der Waals surface area contributed by atoms with Gasteiger partial charge in [0.2, 0.25) is 0 Å². The first kappa shape index (κ1) is 31.5. The Morgan fingerprint density at radius 2 is 1.26 bits per heavy atom. The molecule has 0 heterocycles. The molecule has 0 saturated heterocycles. The van der Waals surface area contributed by atoms with Gasteiger partial charge in [0.15, 0.2) is 5.44 Å². The summed E-state index contributed by atoms with van der Waals surface area (Å²) >= 11 is 0. The van der Waals surface area contributed by atoms with Crippen molar-refractivity contribution in [3.05, 3.63) is 23.8 Å². The molecule has 23 heavy (non-hydrogen) atoms. The van der Waals surface area contributed by atoms with E-state index in [1.165, 1.54) is 0 Å². The van der Waals surface area contributed by atoms with Crippen molar-refractivity contribution >= 4 is 30.4 Å². The molecule has 0 aromatic heterocycles. The molecule has 1 aromatic carbocycles. The molecule has 0 aliphatic rings. The van der Waals surface area contributed by atoms with Crippen LogP contribution in [-0.4, -0.2) is 44.0 Å². The Morgan fingerprint density at radius 3 is 1.57 bits per heavy atom. The number of aliphatic hydroxyl groups is 1. The van der Waals surface area contributed by atoms with Crippen molar-refractivity contribution in [2.24, 2.45) is 0 Å². The molecule has 0 spiro atoms. The normalized spacial score (nSPS) is 13.0. The molecule has 0 fully saturated rings. The van der Waals surface area contributed by atoms with Crippen LogP contribution >= 0.6 is 0 Å². The van der Waals surface area contributed by atoms with Gasteiger partial charge >= 0.3 is 154 Å². The van der Waals surface area contributed by atoms with Crippen LogP contribution in [0.3, 0.4) is 0 Å². The van der Waals surface area contributed by atoms with E-state index in [9.17, 15) is 38.9 Å². The number of benzene rings is 1. The Balaban J connectivity index is -0.00000133. The summed E-state index contributed by atoms with van der Waals surface area (Å²) in [6.45, 7) is 0. The van der Waals surface area contributed by atoms with Gasteiger partial charge in [-0.2, -0.15) is 0 Å². The van der Waals surface area contributed by atoms with Gasteiger partial charge in [0.1, 0.15) is 30.4 Å². The smallest absolute Gasteiger partial charge is 0.746 e. The predicted octanol–water partition coefficient (Wildman–Crippen LogP) is -11.0. The topological polar surface area (TPSA) is 192 Å².